The van der Waals surface area contributed by atoms with Gasteiger partial charge in [-0.25, -0.2) is 18.5 Å². The number of amides is 1. The summed E-state index contributed by atoms with van der Waals surface area (Å²) in [5.74, 6) is -0.0724. The van der Waals surface area contributed by atoms with E-state index >= 15 is 0 Å². The van der Waals surface area contributed by atoms with Gasteiger partial charge < -0.3 is 5.73 Å². The number of carbonyl (C=O) groups is 1. The van der Waals surface area contributed by atoms with Gasteiger partial charge in [0.1, 0.15) is 5.25 Å². The fraction of sp³-hybridized carbons (Fsp3) is 0.400. The minimum absolute atomic E-state index is 0.0179. The highest BCUT2D eigenvalue weighted by molar-refractivity contribution is 9.10. The van der Waals surface area contributed by atoms with Crippen molar-refractivity contribution in [1.82, 2.24) is 4.98 Å². The standard InChI is InChI=1S/C10H13BrN4O3S/c1-5-7(11)3-8(12)10(14-5)15-4-6(2-9(15)16)19(13,17)18/h3,6H,2,4,12H2,1H3,(H2,13,17,18). The number of nitrogen functional groups attached to an aromatic ring is 1. The van der Waals surface area contributed by atoms with E-state index < -0.39 is 15.3 Å². The Labute approximate surface area is 119 Å². The molecule has 1 aromatic rings. The summed E-state index contributed by atoms with van der Waals surface area (Å²) in [6.07, 6.45) is -0.144. The quantitative estimate of drug-likeness (QED) is 0.786. The van der Waals surface area contributed by atoms with E-state index in [4.69, 9.17) is 10.9 Å². The zero-order valence-corrected chi connectivity index (χ0v) is 12.5. The average Bonchev–Trinajstić information content (AvgIpc) is 2.65. The molecular formula is C10H13BrN4O3S. The minimum Gasteiger partial charge on any atom is -0.396 e. The lowest BCUT2D eigenvalue weighted by atomic mass is 10.3. The number of primary sulfonamides is 1. The highest BCUT2D eigenvalue weighted by Crippen LogP contribution is 2.30. The molecule has 0 radical (unpaired) electrons. The highest BCUT2D eigenvalue weighted by Gasteiger charge is 2.38. The summed E-state index contributed by atoms with van der Waals surface area (Å²) >= 11 is 3.29. The molecule has 7 nitrogen and oxygen atoms in total. The molecule has 0 aromatic carbocycles. The fourth-order valence-corrected chi connectivity index (χ4v) is 2.97. The van der Waals surface area contributed by atoms with Crippen LogP contribution in [0.1, 0.15) is 12.1 Å². The summed E-state index contributed by atoms with van der Waals surface area (Å²) in [5, 5.41) is 4.16. The van der Waals surface area contributed by atoms with Gasteiger partial charge in [0, 0.05) is 17.4 Å². The normalized spacial score (nSPS) is 20.1. The van der Waals surface area contributed by atoms with E-state index in [9.17, 15) is 13.2 Å². The van der Waals surface area contributed by atoms with Gasteiger partial charge in [-0.15, -0.1) is 0 Å². The number of carbonyl (C=O) groups excluding carboxylic acids is 1. The molecule has 1 aliphatic heterocycles. The molecule has 1 saturated heterocycles. The summed E-state index contributed by atoms with van der Waals surface area (Å²) in [4.78, 5) is 17.4. The number of nitrogens with zero attached hydrogens (tertiary/aromatic N) is 2. The van der Waals surface area contributed by atoms with Crippen molar-refractivity contribution in [2.45, 2.75) is 18.6 Å². The molecule has 2 heterocycles. The summed E-state index contributed by atoms with van der Waals surface area (Å²) in [6.45, 7) is 1.74. The zero-order valence-electron chi connectivity index (χ0n) is 10.1. The first-order valence-corrected chi connectivity index (χ1v) is 7.85. The third-order valence-electron chi connectivity index (χ3n) is 2.97. The molecule has 1 fully saturated rings. The van der Waals surface area contributed by atoms with Crippen LogP contribution in [0.4, 0.5) is 11.5 Å². The second kappa shape index (κ2) is 4.73. The molecule has 1 aromatic heterocycles. The maximum atomic E-state index is 11.9. The number of rotatable bonds is 2. The highest BCUT2D eigenvalue weighted by atomic mass is 79.9. The van der Waals surface area contributed by atoms with Gasteiger partial charge in [0.05, 0.1) is 11.4 Å². The van der Waals surface area contributed by atoms with Gasteiger partial charge >= 0.3 is 0 Å². The molecule has 104 valence electrons. The number of nitrogens with two attached hydrogens (primary N) is 2. The lowest BCUT2D eigenvalue weighted by Crippen LogP contribution is -2.32. The van der Waals surface area contributed by atoms with Crippen molar-refractivity contribution in [2.75, 3.05) is 17.2 Å². The van der Waals surface area contributed by atoms with Crippen LogP contribution in [0.2, 0.25) is 0 Å². The Morgan fingerprint density at radius 3 is 2.68 bits per heavy atom. The van der Waals surface area contributed by atoms with E-state index in [0.717, 1.165) is 4.47 Å². The Morgan fingerprint density at radius 2 is 2.16 bits per heavy atom. The number of aromatic nitrogens is 1. The Kier molecular flexibility index (Phi) is 3.54. The van der Waals surface area contributed by atoms with Crippen LogP contribution in [0, 0.1) is 6.92 Å². The van der Waals surface area contributed by atoms with Crippen molar-refractivity contribution in [1.29, 1.82) is 0 Å². The predicted octanol–water partition coefficient (Wildman–Crippen LogP) is 0.129. The number of sulfonamides is 1. The Balaban J connectivity index is 2.39. The Hall–Kier alpha value is -1.19. The number of pyridine rings is 1. The molecule has 0 saturated carbocycles. The van der Waals surface area contributed by atoms with Crippen LogP contribution in [0.25, 0.3) is 0 Å². The number of hydrogen-bond donors (Lipinski definition) is 2. The van der Waals surface area contributed by atoms with E-state index in [1.807, 2.05) is 0 Å². The minimum atomic E-state index is -3.75. The number of hydrogen-bond acceptors (Lipinski definition) is 5. The third kappa shape index (κ3) is 2.72. The molecule has 1 unspecified atom stereocenters. The largest absolute Gasteiger partial charge is 0.396 e. The van der Waals surface area contributed by atoms with Gasteiger partial charge in [-0.3, -0.25) is 9.69 Å². The lowest BCUT2D eigenvalue weighted by molar-refractivity contribution is -0.117. The molecule has 1 amide bonds. The smallest absolute Gasteiger partial charge is 0.229 e. The van der Waals surface area contributed by atoms with Crippen molar-refractivity contribution in [3.63, 3.8) is 0 Å². The molecule has 0 bridgehead atoms. The SMILES string of the molecule is Cc1nc(N2CC(S(N)(=O)=O)CC2=O)c(N)cc1Br. The maximum Gasteiger partial charge on any atom is 0.229 e. The number of aryl methyl sites for hydroxylation is 1. The molecule has 19 heavy (non-hydrogen) atoms. The van der Waals surface area contributed by atoms with Crippen LogP contribution in [-0.2, 0) is 14.8 Å². The second-order valence-electron chi connectivity index (χ2n) is 4.39. The van der Waals surface area contributed by atoms with E-state index in [1.54, 1.807) is 13.0 Å². The van der Waals surface area contributed by atoms with Crippen LogP contribution in [0.5, 0.6) is 0 Å². The summed E-state index contributed by atoms with van der Waals surface area (Å²) in [5.41, 5.74) is 6.79. The fourth-order valence-electron chi connectivity index (χ4n) is 1.90. The first kappa shape index (κ1) is 14.2. The summed E-state index contributed by atoms with van der Waals surface area (Å²) < 4.78 is 23.3. The van der Waals surface area contributed by atoms with Gasteiger partial charge in [-0.1, -0.05) is 0 Å². The van der Waals surface area contributed by atoms with Crippen LogP contribution in [0.15, 0.2) is 10.5 Å². The summed E-state index contributed by atoms with van der Waals surface area (Å²) in [7, 11) is -3.75. The maximum absolute atomic E-state index is 11.9. The molecule has 0 spiro atoms. The molecule has 1 aliphatic rings. The average molecular weight is 349 g/mol. The summed E-state index contributed by atoms with van der Waals surface area (Å²) in [6, 6.07) is 1.63. The van der Waals surface area contributed by atoms with Crippen LogP contribution in [-0.4, -0.2) is 31.1 Å². The Bertz CT molecular complexity index is 646. The van der Waals surface area contributed by atoms with E-state index in [1.165, 1.54) is 4.90 Å². The van der Waals surface area contributed by atoms with Gasteiger partial charge in [-0.05, 0) is 28.9 Å². The van der Waals surface area contributed by atoms with Crippen molar-refractivity contribution in [2.24, 2.45) is 5.14 Å². The molecule has 1 atom stereocenters. The van der Waals surface area contributed by atoms with Crippen LogP contribution >= 0.6 is 15.9 Å². The van der Waals surface area contributed by atoms with Crippen molar-refractivity contribution < 1.29 is 13.2 Å². The molecule has 0 aliphatic carbocycles. The van der Waals surface area contributed by atoms with Gasteiger partial charge in [-0.2, -0.15) is 0 Å². The number of anilines is 2. The molecular weight excluding hydrogens is 336 g/mol. The molecule has 4 N–H and O–H groups in total. The van der Waals surface area contributed by atoms with Gasteiger partial charge in [0.25, 0.3) is 0 Å². The zero-order chi connectivity index (χ0) is 14.4. The first-order chi connectivity index (χ1) is 8.70. The van der Waals surface area contributed by atoms with Crippen molar-refractivity contribution >= 4 is 43.4 Å². The van der Waals surface area contributed by atoms with E-state index in [-0.39, 0.29) is 24.7 Å². The third-order valence-corrected chi connectivity index (χ3v) is 5.02. The number of halogens is 1. The van der Waals surface area contributed by atoms with Crippen molar-refractivity contribution in [3.8, 4) is 0 Å². The first-order valence-electron chi connectivity index (χ1n) is 5.44. The second-order valence-corrected chi connectivity index (χ2v) is 7.09. The van der Waals surface area contributed by atoms with E-state index in [0.29, 0.717) is 11.4 Å². The predicted molar refractivity (Wildman–Crippen MR) is 75.0 cm³/mol. The molecule has 2 rings (SSSR count). The molecule has 9 heteroatoms. The van der Waals surface area contributed by atoms with Gasteiger partial charge in [0.15, 0.2) is 5.82 Å². The monoisotopic (exact) mass is 348 g/mol. The topological polar surface area (TPSA) is 119 Å². The van der Waals surface area contributed by atoms with Gasteiger partial charge in [0.2, 0.25) is 15.9 Å². The lowest BCUT2D eigenvalue weighted by Gasteiger charge is -2.18. The Morgan fingerprint density at radius 1 is 1.53 bits per heavy atom. The van der Waals surface area contributed by atoms with Crippen molar-refractivity contribution in [3.05, 3.63) is 16.2 Å². The van der Waals surface area contributed by atoms with E-state index in [2.05, 4.69) is 20.9 Å². The van der Waals surface area contributed by atoms with Crippen LogP contribution < -0.4 is 15.8 Å². The van der Waals surface area contributed by atoms with Crippen LogP contribution in [0.3, 0.4) is 0 Å².